The summed E-state index contributed by atoms with van der Waals surface area (Å²) in [4.78, 5) is 6.83. The minimum Gasteiger partial charge on any atom is -0.390 e. The van der Waals surface area contributed by atoms with Crippen LogP contribution in [0.5, 0.6) is 0 Å². The zero-order valence-electron chi connectivity index (χ0n) is 11.3. The van der Waals surface area contributed by atoms with Crippen LogP contribution in [-0.2, 0) is 13.7 Å². The molecule has 0 bridgehead atoms. The maximum atomic E-state index is 9.12. The number of aromatic nitrogens is 2. The Hall–Kier alpha value is -0.520. The largest absolute Gasteiger partial charge is 0.390 e. The van der Waals surface area contributed by atoms with E-state index in [1.807, 2.05) is 11.6 Å². The summed E-state index contributed by atoms with van der Waals surface area (Å²) in [5.74, 6) is 1.10. The van der Waals surface area contributed by atoms with Crippen LogP contribution < -0.4 is 0 Å². The molecule has 1 aliphatic heterocycles. The van der Waals surface area contributed by atoms with E-state index in [1.54, 1.807) is 18.0 Å². The summed E-state index contributed by atoms with van der Waals surface area (Å²) < 4.78 is 1.98. The van der Waals surface area contributed by atoms with Gasteiger partial charge in [-0.1, -0.05) is 18.2 Å². The third kappa shape index (κ3) is 3.28. The molecular formula is C13H23N3OS. The molecule has 4 nitrogen and oxygen atoms in total. The number of imidazole rings is 1. The van der Waals surface area contributed by atoms with Crippen molar-refractivity contribution in [3.63, 3.8) is 0 Å². The second-order valence-electron chi connectivity index (χ2n) is 5.02. The van der Waals surface area contributed by atoms with Crippen molar-refractivity contribution in [3.8, 4) is 0 Å². The van der Waals surface area contributed by atoms with Gasteiger partial charge in [0.25, 0.3) is 0 Å². The van der Waals surface area contributed by atoms with Gasteiger partial charge in [0.2, 0.25) is 0 Å². The molecule has 1 atom stereocenters. The first-order valence-electron chi connectivity index (χ1n) is 6.67. The topological polar surface area (TPSA) is 41.3 Å². The van der Waals surface area contributed by atoms with Crippen molar-refractivity contribution >= 4 is 11.8 Å². The lowest BCUT2D eigenvalue weighted by atomic mass is 10.0. The van der Waals surface area contributed by atoms with Crippen LogP contribution in [0.2, 0.25) is 0 Å². The van der Waals surface area contributed by atoms with Crippen LogP contribution in [0.3, 0.4) is 0 Å². The van der Waals surface area contributed by atoms with Gasteiger partial charge in [0, 0.05) is 18.8 Å². The van der Waals surface area contributed by atoms with Gasteiger partial charge in [-0.3, -0.25) is 0 Å². The standard InChI is InChI=1S/C13H23N3OS/c1-15-7-4-3-5-11(15)6-8-18-13-14-9-12(10-17)16(13)2/h9,11,17H,3-8,10H2,1-2H3/t11-/m1/s1. The van der Waals surface area contributed by atoms with Crippen molar-refractivity contribution < 1.29 is 5.11 Å². The number of thioether (sulfide) groups is 1. The molecule has 0 spiro atoms. The maximum absolute atomic E-state index is 9.12. The van der Waals surface area contributed by atoms with E-state index in [2.05, 4.69) is 16.9 Å². The summed E-state index contributed by atoms with van der Waals surface area (Å²) in [5.41, 5.74) is 0.882. The van der Waals surface area contributed by atoms with Gasteiger partial charge >= 0.3 is 0 Å². The molecule has 102 valence electrons. The first-order valence-corrected chi connectivity index (χ1v) is 7.65. The van der Waals surface area contributed by atoms with E-state index in [-0.39, 0.29) is 6.61 Å². The third-order valence-electron chi connectivity index (χ3n) is 3.81. The van der Waals surface area contributed by atoms with Crippen LogP contribution in [0.1, 0.15) is 31.4 Å². The zero-order valence-corrected chi connectivity index (χ0v) is 12.1. The van der Waals surface area contributed by atoms with Crippen molar-refractivity contribution in [3.05, 3.63) is 11.9 Å². The molecule has 1 aromatic rings. The Labute approximate surface area is 113 Å². The number of piperidine rings is 1. The highest BCUT2D eigenvalue weighted by Crippen LogP contribution is 2.23. The number of nitrogens with zero attached hydrogens (tertiary/aromatic N) is 3. The quantitative estimate of drug-likeness (QED) is 0.829. The van der Waals surface area contributed by atoms with Crippen LogP contribution in [0, 0.1) is 0 Å². The molecule has 1 N–H and O–H groups in total. The van der Waals surface area contributed by atoms with Gasteiger partial charge in [0.1, 0.15) is 0 Å². The third-order valence-corrected chi connectivity index (χ3v) is 4.88. The Balaban J connectivity index is 1.79. The second kappa shape index (κ2) is 6.59. The molecule has 0 unspecified atom stereocenters. The lowest BCUT2D eigenvalue weighted by Gasteiger charge is -2.32. The van der Waals surface area contributed by atoms with E-state index < -0.39 is 0 Å². The van der Waals surface area contributed by atoms with Gasteiger partial charge in [0.15, 0.2) is 5.16 Å². The van der Waals surface area contributed by atoms with Crippen molar-refractivity contribution in [2.45, 2.75) is 43.5 Å². The van der Waals surface area contributed by atoms with Gasteiger partial charge in [-0.15, -0.1) is 0 Å². The van der Waals surface area contributed by atoms with Crippen LogP contribution in [0.4, 0.5) is 0 Å². The molecule has 1 fully saturated rings. The molecule has 0 aliphatic carbocycles. The monoisotopic (exact) mass is 269 g/mol. The molecule has 1 saturated heterocycles. The summed E-state index contributed by atoms with van der Waals surface area (Å²) in [5, 5.41) is 10.1. The smallest absolute Gasteiger partial charge is 0.167 e. The van der Waals surface area contributed by atoms with Crippen LogP contribution in [0.15, 0.2) is 11.4 Å². The van der Waals surface area contributed by atoms with E-state index in [0.29, 0.717) is 0 Å². The predicted molar refractivity (Wildman–Crippen MR) is 74.7 cm³/mol. The fraction of sp³-hybridized carbons (Fsp3) is 0.769. The molecule has 18 heavy (non-hydrogen) atoms. The highest BCUT2D eigenvalue weighted by atomic mass is 32.2. The summed E-state index contributed by atoms with van der Waals surface area (Å²) in [6.07, 6.45) is 7.03. The summed E-state index contributed by atoms with van der Waals surface area (Å²) >= 11 is 1.79. The van der Waals surface area contributed by atoms with Gasteiger partial charge in [-0.25, -0.2) is 4.98 Å². The molecule has 1 aliphatic rings. The lowest BCUT2D eigenvalue weighted by molar-refractivity contribution is 0.182. The minimum atomic E-state index is 0.0649. The molecule has 0 aromatic carbocycles. The number of likely N-dealkylation sites (tertiary alicyclic amines) is 1. The van der Waals surface area contributed by atoms with Crippen molar-refractivity contribution in [1.29, 1.82) is 0 Å². The van der Waals surface area contributed by atoms with Crippen LogP contribution >= 0.6 is 11.8 Å². The molecule has 1 aromatic heterocycles. The van der Waals surface area contributed by atoms with Crippen molar-refractivity contribution in [2.75, 3.05) is 19.3 Å². The van der Waals surface area contributed by atoms with Gasteiger partial charge in [-0.05, 0) is 32.9 Å². The van der Waals surface area contributed by atoms with Gasteiger partial charge < -0.3 is 14.6 Å². The zero-order chi connectivity index (χ0) is 13.0. The summed E-state index contributed by atoms with van der Waals surface area (Å²) in [6.45, 7) is 1.31. The van der Waals surface area contributed by atoms with Crippen LogP contribution in [0.25, 0.3) is 0 Å². The fourth-order valence-corrected chi connectivity index (χ4v) is 3.51. The Morgan fingerprint density at radius 3 is 2.94 bits per heavy atom. The average molecular weight is 269 g/mol. The molecular weight excluding hydrogens is 246 g/mol. The average Bonchev–Trinajstić information content (AvgIpc) is 2.73. The first kappa shape index (κ1) is 13.9. The van der Waals surface area contributed by atoms with E-state index in [4.69, 9.17) is 5.11 Å². The highest BCUT2D eigenvalue weighted by molar-refractivity contribution is 7.99. The molecule has 0 saturated carbocycles. The van der Waals surface area contributed by atoms with E-state index >= 15 is 0 Å². The molecule has 2 heterocycles. The molecule has 5 heteroatoms. The highest BCUT2D eigenvalue weighted by Gasteiger charge is 2.18. The fourth-order valence-electron chi connectivity index (χ4n) is 2.50. The van der Waals surface area contributed by atoms with Crippen LogP contribution in [-0.4, -0.2) is 44.9 Å². The Kier molecular flexibility index (Phi) is 5.09. The number of aliphatic hydroxyl groups excluding tert-OH is 1. The van der Waals surface area contributed by atoms with Gasteiger partial charge in [-0.2, -0.15) is 0 Å². The van der Waals surface area contributed by atoms with E-state index in [9.17, 15) is 0 Å². The lowest BCUT2D eigenvalue weighted by Crippen LogP contribution is -2.36. The first-order chi connectivity index (χ1) is 8.72. The normalized spacial score (nSPS) is 21.4. The van der Waals surface area contributed by atoms with E-state index in [1.165, 1.54) is 32.2 Å². The number of hydrogen-bond donors (Lipinski definition) is 1. The second-order valence-corrected chi connectivity index (χ2v) is 6.08. The number of rotatable bonds is 5. The maximum Gasteiger partial charge on any atom is 0.167 e. The van der Waals surface area contributed by atoms with E-state index in [0.717, 1.165) is 22.6 Å². The summed E-state index contributed by atoms with van der Waals surface area (Å²) in [7, 11) is 4.20. The molecule has 2 rings (SSSR count). The predicted octanol–water partition coefficient (Wildman–Crippen LogP) is 1.88. The minimum absolute atomic E-state index is 0.0649. The SMILES string of the molecule is CN1CCCC[C@@H]1CCSc1ncc(CO)n1C. The Bertz CT molecular complexity index is 380. The Morgan fingerprint density at radius 1 is 1.44 bits per heavy atom. The van der Waals surface area contributed by atoms with Crippen molar-refractivity contribution in [1.82, 2.24) is 14.5 Å². The van der Waals surface area contributed by atoms with Crippen molar-refractivity contribution in [2.24, 2.45) is 7.05 Å². The number of aliphatic hydroxyl groups is 1. The molecule has 0 amide bonds. The Morgan fingerprint density at radius 2 is 2.28 bits per heavy atom. The van der Waals surface area contributed by atoms with Gasteiger partial charge in [0.05, 0.1) is 18.5 Å². The molecule has 0 radical (unpaired) electrons. The summed E-state index contributed by atoms with van der Waals surface area (Å²) in [6, 6.07) is 0.740. The number of hydrogen-bond acceptors (Lipinski definition) is 4.